The van der Waals surface area contributed by atoms with Crippen molar-refractivity contribution in [3.63, 3.8) is 0 Å². The van der Waals surface area contributed by atoms with Crippen LogP contribution in [0.25, 0.3) is 0 Å². The number of methoxy groups -OCH3 is 2. The van der Waals surface area contributed by atoms with Crippen LogP contribution in [0.3, 0.4) is 0 Å². The lowest BCUT2D eigenvalue weighted by molar-refractivity contribution is -0.121. The second-order valence-electron chi connectivity index (χ2n) is 6.46. The van der Waals surface area contributed by atoms with Crippen molar-refractivity contribution in [3.8, 4) is 11.5 Å². The van der Waals surface area contributed by atoms with Crippen molar-refractivity contribution in [3.05, 3.63) is 47.8 Å². The van der Waals surface area contributed by atoms with Gasteiger partial charge in [0.1, 0.15) is 17.3 Å². The van der Waals surface area contributed by atoms with Crippen molar-refractivity contribution < 1.29 is 23.5 Å². The zero-order chi connectivity index (χ0) is 20.0. The standard InChI is InChI=1S/C19H17FN4O4/c1-10-4-5-11(8-15(10)20)24-17-16(21-22-24)18(25)23(19(17)26)12-6-13(27-2)9-14(7-12)28-3/h4-9,16-17H,1-3H3. The molecular weight excluding hydrogens is 367 g/mol. The molecule has 2 aromatic carbocycles. The van der Waals surface area contributed by atoms with Gasteiger partial charge >= 0.3 is 0 Å². The zero-order valence-corrected chi connectivity index (χ0v) is 15.4. The molecule has 0 radical (unpaired) electrons. The number of imide groups is 1. The normalized spacial score (nSPS) is 20.7. The van der Waals surface area contributed by atoms with E-state index < -0.39 is 29.7 Å². The largest absolute Gasteiger partial charge is 0.497 e. The van der Waals surface area contributed by atoms with Gasteiger partial charge in [-0.1, -0.05) is 11.3 Å². The molecule has 0 aliphatic carbocycles. The van der Waals surface area contributed by atoms with Gasteiger partial charge in [0.25, 0.3) is 11.8 Å². The fourth-order valence-corrected chi connectivity index (χ4v) is 3.27. The highest BCUT2D eigenvalue weighted by Gasteiger charge is 2.55. The predicted octanol–water partition coefficient (Wildman–Crippen LogP) is 2.65. The van der Waals surface area contributed by atoms with Crippen LogP contribution >= 0.6 is 0 Å². The quantitative estimate of drug-likeness (QED) is 0.757. The third kappa shape index (κ3) is 2.67. The Labute approximate surface area is 160 Å². The number of carbonyl (C=O) groups is 2. The van der Waals surface area contributed by atoms with E-state index >= 15 is 0 Å². The number of benzene rings is 2. The van der Waals surface area contributed by atoms with Crippen LogP contribution in [0.1, 0.15) is 5.56 Å². The molecule has 1 saturated heterocycles. The summed E-state index contributed by atoms with van der Waals surface area (Å²) < 4.78 is 24.4. The van der Waals surface area contributed by atoms with Gasteiger partial charge in [-0.3, -0.25) is 9.59 Å². The molecule has 2 aliphatic rings. The summed E-state index contributed by atoms with van der Waals surface area (Å²) in [5, 5.41) is 9.17. The van der Waals surface area contributed by atoms with Crippen LogP contribution < -0.4 is 19.4 Å². The van der Waals surface area contributed by atoms with E-state index in [1.807, 2.05) is 0 Å². The molecule has 0 spiro atoms. The molecule has 1 fully saturated rings. The van der Waals surface area contributed by atoms with Gasteiger partial charge in [-0.25, -0.2) is 14.3 Å². The first kappa shape index (κ1) is 17.9. The number of carbonyl (C=O) groups excluding carboxylic acids is 2. The van der Waals surface area contributed by atoms with Gasteiger partial charge in [-0.15, -0.1) is 0 Å². The van der Waals surface area contributed by atoms with E-state index in [-0.39, 0.29) is 0 Å². The summed E-state index contributed by atoms with van der Waals surface area (Å²) in [5.74, 6) is -0.570. The third-order valence-corrected chi connectivity index (χ3v) is 4.80. The van der Waals surface area contributed by atoms with Crippen LogP contribution in [-0.4, -0.2) is 38.1 Å². The molecule has 0 N–H and O–H groups in total. The molecule has 4 rings (SSSR count). The van der Waals surface area contributed by atoms with E-state index in [0.29, 0.717) is 28.4 Å². The van der Waals surface area contributed by atoms with Gasteiger partial charge < -0.3 is 9.47 Å². The maximum atomic E-state index is 14.0. The predicted molar refractivity (Wildman–Crippen MR) is 98.1 cm³/mol. The summed E-state index contributed by atoms with van der Waals surface area (Å²) in [4.78, 5) is 27.0. The van der Waals surface area contributed by atoms with Crippen LogP contribution in [0, 0.1) is 12.7 Å². The smallest absolute Gasteiger partial charge is 0.263 e. The second kappa shape index (κ2) is 6.59. The highest BCUT2D eigenvalue weighted by molar-refractivity contribution is 6.26. The molecule has 9 heteroatoms. The summed E-state index contributed by atoms with van der Waals surface area (Å²) in [6, 6.07) is 7.29. The lowest BCUT2D eigenvalue weighted by Crippen LogP contribution is -2.40. The number of fused-ring (bicyclic) bond motifs is 1. The van der Waals surface area contributed by atoms with Crippen LogP contribution in [0.15, 0.2) is 46.7 Å². The first-order valence-corrected chi connectivity index (χ1v) is 8.51. The molecular formula is C19H17FN4O4. The van der Waals surface area contributed by atoms with Gasteiger partial charge in [0.15, 0.2) is 12.1 Å². The minimum Gasteiger partial charge on any atom is -0.497 e. The summed E-state index contributed by atoms with van der Waals surface area (Å²) in [6.45, 7) is 1.63. The van der Waals surface area contributed by atoms with Gasteiger partial charge in [-0.2, -0.15) is 5.11 Å². The van der Waals surface area contributed by atoms with E-state index in [1.165, 1.54) is 25.3 Å². The van der Waals surface area contributed by atoms with E-state index in [1.54, 1.807) is 37.3 Å². The van der Waals surface area contributed by atoms with Crippen molar-refractivity contribution in [2.75, 3.05) is 24.1 Å². The maximum Gasteiger partial charge on any atom is 0.263 e. The fourth-order valence-electron chi connectivity index (χ4n) is 3.27. The Balaban J connectivity index is 1.71. The number of amides is 2. The molecule has 2 heterocycles. The molecule has 144 valence electrons. The maximum absolute atomic E-state index is 14.0. The van der Waals surface area contributed by atoms with Crippen molar-refractivity contribution in [2.24, 2.45) is 10.3 Å². The minimum atomic E-state index is -0.992. The molecule has 2 amide bonds. The van der Waals surface area contributed by atoms with Crippen molar-refractivity contribution in [2.45, 2.75) is 19.0 Å². The van der Waals surface area contributed by atoms with Crippen LogP contribution in [0.5, 0.6) is 11.5 Å². The molecule has 2 aromatic rings. The van der Waals surface area contributed by atoms with Gasteiger partial charge in [0.05, 0.1) is 25.6 Å². The molecule has 0 saturated carbocycles. The molecule has 8 nitrogen and oxygen atoms in total. The molecule has 2 aliphatic heterocycles. The van der Waals surface area contributed by atoms with Crippen molar-refractivity contribution in [1.29, 1.82) is 0 Å². The number of hydrogen-bond donors (Lipinski definition) is 0. The second-order valence-corrected chi connectivity index (χ2v) is 6.46. The van der Waals surface area contributed by atoms with Gasteiger partial charge in [0, 0.05) is 18.2 Å². The number of aryl methyl sites for hydroxylation is 1. The number of nitrogens with zero attached hydrogens (tertiary/aromatic N) is 4. The molecule has 0 aromatic heterocycles. The zero-order valence-electron chi connectivity index (χ0n) is 15.4. The Kier molecular flexibility index (Phi) is 4.21. The van der Waals surface area contributed by atoms with E-state index in [2.05, 4.69) is 10.3 Å². The van der Waals surface area contributed by atoms with Crippen LogP contribution in [0.2, 0.25) is 0 Å². The number of anilines is 2. The Morgan fingerprint density at radius 3 is 2.25 bits per heavy atom. The fraction of sp³-hybridized carbons (Fsp3) is 0.263. The highest BCUT2D eigenvalue weighted by Crippen LogP contribution is 2.37. The summed E-state index contributed by atoms with van der Waals surface area (Å²) in [6.07, 6.45) is 0. The monoisotopic (exact) mass is 384 g/mol. The van der Waals surface area contributed by atoms with Crippen LogP contribution in [0.4, 0.5) is 15.8 Å². The first-order valence-electron chi connectivity index (χ1n) is 8.51. The van der Waals surface area contributed by atoms with Crippen molar-refractivity contribution >= 4 is 23.2 Å². The Bertz CT molecular complexity index is 987. The first-order chi connectivity index (χ1) is 13.4. The van der Waals surface area contributed by atoms with Gasteiger partial charge in [0.2, 0.25) is 0 Å². The number of halogens is 1. The SMILES string of the molecule is COc1cc(OC)cc(N2C(=O)C3N=NN(c4ccc(C)c(F)c4)C3C2=O)c1. The number of hydrogen-bond acceptors (Lipinski definition) is 7. The summed E-state index contributed by atoms with van der Waals surface area (Å²) in [7, 11) is 2.95. The Morgan fingerprint density at radius 1 is 0.964 bits per heavy atom. The Hall–Kier alpha value is -3.49. The summed E-state index contributed by atoms with van der Waals surface area (Å²) >= 11 is 0. The average molecular weight is 384 g/mol. The van der Waals surface area contributed by atoms with Gasteiger partial charge in [-0.05, 0) is 24.6 Å². The van der Waals surface area contributed by atoms with E-state index in [9.17, 15) is 14.0 Å². The van der Waals surface area contributed by atoms with E-state index in [0.717, 1.165) is 4.90 Å². The molecule has 2 unspecified atom stereocenters. The lowest BCUT2D eigenvalue weighted by atomic mass is 10.1. The molecule has 0 bridgehead atoms. The molecule has 2 atom stereocenters. The van der Waals surface area contributed by atoms with Crippen molar-refractivity contribution in [1.82, 2.24) is 0 Å². The number of rotatable bonds is 4. The Morgan fingerprint density at radius 2 is 1.64 bits per heavy atom. The lowest BCUT2D eigenvalue weighted by Gasteiger charge is -2.21. The topological polar surface area (TPSA) is 83.8 Å². The average Bonchev–Trinajstić information content (AvgIpc) is 3.24. The van der Waals surface area contributed by atoms with E-state index in [4.69, 9.17) is 9.47 Å². The van der Waals surface area contributed by atoms with Crippen LogP contribution in [-0.2, 0) is 9.59 Å². The minimum absolute atomic E-state index is 0.311. The number of ether oxygens (including phenoxy) is 2. The highest BCUT2D eigenvalue weighted by atomic mass is 19.1. The third-order valence-electron chi connectivity index (χ3n) is 4.80. The molecule has 28 heavy (non-hydrogen) atoms. The summed E-state index contributed by atoms with van der Waals surface area (Å²) in [5.41, 5.74) is 1.13.